The number of carboxylic acid groups (broad SMARTS) is 1. The van der Waals surface area contributed by atoms with Crippen LogP contribution in [-0.4, -0.2) is 53.6 Å². The number of imide groups is 1. The topological polar surface area (TPSA) is 148 Å². The Morgan fingerprint density at radius 3 is 2.44 bits per heavy atom. The summed E-state index contributed by atoms with van der Waals surface area (Å²) in [5.74, 6) is -1.91. The fraction of sp³-hybridized carbons (Fsp3) is 0.324. The van der Waals surface area contributed by atoms with Gasteiger partial charge in [-0.2, -0.15) is 0 Å². The second-order valence-corrected chi connectivity index (χ2v) is 10.8. The standard InChI is InChI=1S/C34H35N3O8/c1-5-35-26-17-28-24(14-19(26)3)33(25-15-20(4)27(36-6-2)18-29(25)44-28)23-16-21(9-10-22(23)34(41)42)43-13-7-8-32(40)45-37-30(38)11-12-31(37)39/h9-10,14-18,35H,5-8,11-13H2,1-4H3,(H,41,42). The number of rotatable bonds is 11. The third-order valence-corrected chi connectivity index (χ3v) is 7.56. The second-order valence-electron chi connectivity index (χ2n) is 10.8. The Labute approximate surface area is 259 Å². The highest BCUT2D eigenvalue weighted by molar-refractivity contribution is 6.08. The van der Waals surface area contributed by atoms with E-state index >= 15 is 0 Å². The largest absolute Gasteiger partial charge is 0.494 e. The van der Waals surface area contributed by atoms with E-state index in [4.69, 9.17) is 14.0 Å². The number of amides is 2. The Morgan fingerprint density at radius 2 is 1.76 bits per heavy atom. The summed E-state index contributed by atoms with van der Waals surface area (Å²) in [6.45, 7) is 9.35. The van der Waals surface area contributed by atoms with E-state index in [1.165, 1.54) is 6.07 Å². The number of aryl methyl sites for hydroxylation is 2. The molecule has 2 N–H and O–H groups in total. The van der Waals surface area contributed by atoms with E-state index in [2.05, 4.69) is 10.3 Å². The van der Waals surface area contributed by atoms with Gasteiger partial charge in [0.15, 0.2) is 0 Å². The van der Waals surface area contributed by atoms with Gasteiger partial charge in [-0.05, 0) is 75.6 Å². The Bertz CT molecular complexity index is 1840. The normalized spacial score (nSPS) is 13.6. The maximum atomic E-state index is 12.5. The van der Waals surface area contributed by atoms with Gasteiger partial charge in [-0.25, -0.2) is 9.59 Å². The molecule has 1 fully saturated rings. The first-order valence-corrected chi connectivity index (χ1v) is 14.9. The number of fused-ring (bicyclic) bond motifs is 2. The SMILES string of the molecule is CCN=c1cc2oc3cc(NCC)c(C)cc3c(-c3cc(OCCCC(=O)ON4C(=O)CCC4=O)ccc3C(=O)O)c-2cc1C. The minimum absolute atomic E-state index is 0.0230. The van der Waals surface area contributed by atoms with Crippen molar-refractivity contribution in [3.63, 3.8) is 0 Å². The molecule has 45 heavy (non-hydrogen) atoms. The zero-order valence-electron chi connectivity index (χ0n) is 25.7. The Morgan fingerprint density at radius 1 is 1.00 bits per heavy atom. The molecule has 2 aromatic carbocycles. The number of carbonyl (C=O) groups is 4. The van der Waals surface area contributed by atoms with Gasteiger partial charge in [0, 0.05) is 65.8 Å². The van der Waals surface area contributed by atoms with Gasteiger partial charge in [0.05, 0.1) is 23.9 Å². The van der Waals surface area contributed by atoms with Crippen LogP contribution in [0.5, 0.6) is 5.75 Å². The average Bonchev–Trinajstić information content (AvgIpc) is 3.31. The minimum Gasteiger partial charge on any atom is -0.494 e. The van der Waals surface area contributed by atoms with Gasteiger partial charge in [-0.1, -0.05) is 0 Å². The number of ether oxygens (including phenoxy) is 1. The molecule has 11 heteroatoms. The van der Waals surface area contributed by atoms with Crippen LogP contribution in [0.15, 0.2) is 51.9 Å². The number of hydroxylamine groups is 2. The molecule has 1 aliphatic carbocycles. The lowest BCUT2D eigenvalue weighted by Gasteiger charge is -2.20. The highest BCUT2D eigenvalue weighted by Gasteiger charge is 2.32. The van der Waals surface area contributed by atoms with E-state index < -0.39 is 23.8 Å². The number of carbonyl (C=O) groups excluding carboxylic acids is 3. The number of nitrogens with zero attached hydrogens (tertiary/aromatic N) is 2. The van der Waals surface area contributed by atoms with E-state index in [9.17, 15) is 24.3 Å². The lowest BCUT2D eigenvalue weighted by atomic mass is 9.89. The number of nitrogens with one attached hydrogen (secondary N) is 1. The minimum atomic E-state index is -1.09. The molecule has 3 aliphatic rings. The van der Waals surface area contributed by atoms with E-state index in [0.29, 0.717) is 39.8 Å². The smallest absolute Gasteiger partial charge is 0.336 e. The van der Waals surface area contributed by atoms with Crippen molar-refractivity contribution in [3.05, 3.63) is 64.5 Å². The second kappa shape index (κ2) is 13.2. The molecule has 0 aromatic heterocycles. The van der Waals surface area contributed by atoms with Crippen molar-refractivity contribution in [3.8, 4) is 28.2 Å². The third-order valence-electron chi connectivity index (χ3n) is 7.56. The molecule has 11 nitrogen and oxygen atoms in total. The summed E-state index contributed by atoms with van der Waals surface area (Å²) in [4.78, 5) is 57.6. The Hall–Kier alpha value is -5.19. The van der Waals surface area contributed by atoms with Crippen LogP contribution in [0, 0.1) is 13.8 Å². The molecule has 5 rings (SSSR count). The van der Waals surface area contributed by atoms with E-state index in [-0.39, 0.29) is 37.9 Å². The van der Waals surface area contributed by atoms with Crippen molar-refractivity contribution in [2.75, 3.05) is 25.0 Å². The van der Waals surface area contributed by atoms with Crippen LogP contribution in [0.4, 0.5) is 5.69 Å². The molecule has 0 atom stereocenters. The number of benzene rings is 3. The van der Waals surface area contributed by atoms with Crippen molar-refractivity contribution < 1.29 is 38.3 Å². The average molecular weight is 614 g/mol. The molecule has 2 aliphatic heterocycles. The van der Waals surface area contributed by atoms with Crippen molar-refractivity contribution in [1.29, 1.82) is 0 Å². The highest BCUT2D eigenvalue weighted by atomic mass is 16.7. The molecule has 0 spiro atoms. The van der Waals surface area contributed by atoms with Gasteiger partial charge in [0.1, 0.15) is 17.1 Å². The molecular formula is C34H35N3O8. The number of aromatic carboxylic acids is 1. The molecule has 2 amide bonds. The van der Waals surface area contributed by atoms with Gasteiger partial charge < -0.3 is 24.4 Å². The third kappa shape index (κ3) is 6.52. The van der Waals surface area contributed by atoms with E-state index in [1.807, 2.05) is 52.0 Å². The highest BCUT2D eigenvalue weighted by Crippen LogP contribution is 2.44. The first-order valence-electron chi connectivity index (χ1n) is 14.9. The van der Waals surface area contributed by atoms with Crippen LogP contribution in [0.2, 0.25) is 0 Å². The summed E-state index contributed by atoms with van der Waals surface area (Å²) in [6.07, 6.45) is 0.213. The van der Waals surface area contributed by atoms with Crippen molar-refractivity contribution in [2.45, 2.75) is 53.4 Å². The lowest BCUT2D eigenvalue weighted by molar-refractivity contribution is -0.197. The molecule has 0 unspecified atom stereocenters. The predicted molar refractivity (Wildman–Crippen MR) is 167 cm³/mol. The van der Waals surface area contributed by atoms with Crippen LogP contribution in [0.25, 0.3) is 33.4 Å². The van der Waals surface area contributed by atoms with Crippen LogP contribution in [0.1, 0.15) is 61.0 Å². The summed E-state index contributed by atoms with van der Waals surface area (Å²) in [7, 11) is 0. The molecule has 2 aromatic rings. The fourth-order valence-electron chi connectivity index (χ4n) is 5.42. The van der Waals surface area contributed by atoms with Gasteiger partial charge >= 0.3 is 11.9 Å². The molecule has 0 radical (unpaired) electrons. The maximum Gasteiger partial charge on any atom is 0.336 e. The number of carboxylic acids is 1. The molecule has 0 saturated carbocycles. The quantitative estimate of drug-likeness (QED) is 0.125. The fourth-order valence-corrected chi connectivity index (χ4v) is 5.42. The van der Waals surface area contributed by atoms with Gasteiger partial charge in [-0.15, -0.1) is 5.06 Å². The zero-order valence-corrected chi connectivity index (χ0v) is 25.7. The summed E-state index contributed by atoms with van der Waals surface area (Å²) in [5, 5.41) is 15.7. The summed E-state index contributed by atoms with van der Waals surface area (Å²) in [5.41, 5.74) is 5.37. The van der Waals surface area contributed by atoms with Crippen LogP contribution in [0.3, 0.4) is 0 Å². The molecule has 1 saturated heterocycles. The van der Waals surface area contributed by atoms with Crippen molar-refractivity contribution in [2.24, 2.45) is 4.99 Å². The molecule has 0 bridgehead atoms. The summed E-state index contributed by atoms with van der Waals surface area (Å²) < 4.78 is 12.4. The summed E-state index contributed by atoms with van der Waals surface area (Å²) >= 11 is 0. The summed E-state index contributed by atoms with van der Waals surface area (Å²) in [6, 6.07) is 12.5. The monoisotopic (exact) mass is 613 g/mol. The number of hydrogen-bond donors (Lipinski definition) is 2. The first kappa shape index (κ1) is 31.2. The predicted octanol–water partition coefficient (Wildman–Crippen LogP) is 5.64. The zero-order chi connectivity index (χ0) is 32.2. The van der Waals surface area contributed by atoms with Crippen molar-refractivity contribution >= 4 is 40.4 Å². The molecule has 234 valence electrons. The molecular weight excluding hydrogens is 578 g/mol. The first-order chi connectivity index (χ1) is 21.6. The molecule has 2 heterocycles. The van der Waals surface area contributed by atoms with Gasteiger partial charge in [-0.3, -0.25) is 14.6 Å². The van der Waals surface area contributed by atoms with Gasteiger partial charge in [0.25, 0.3) is 11.8 Å². The van der Waals surface area contributed by atoms with Crippen LogP contribution in [-0.2, 0) is 19.2 Å². The van der Waals surface area contributed by atoms with E-state index in [0.717, 1.165) is 39.7 Å². The van der Waals surface area contributed by atoms with Crippen LogP contribution < -0.4 is 15.4 Å². The number of anilines is 1. The lowest BCUT2D eigenvalue weighted by Crippen LogP contribution is -2.32. The van der Waals surface area contributed by atoms with Crippen molar-refractivity contribution in [1.82, 2.24) is 5.06 Å². The van der Waals surface area contributed by atoms with Gasteiger partial charge in [0.2, 0.25) is 0 Å². The van der Waals surface area contributed by atoms with Crippen LogP contribution >= 0.6 is 0 Å². The maximum absolute atomic E-state index is 12.5. The Balaban J connectivity index is 1.53. The number of hydrogen-bond acceptors (Lipinski definition) is 9. The Kier molecular flexibility index (Phi) is 9.17. The van der Waals surface area contributed by atoms with E-state index in [1.54, 1.807) is 12.1 Å².